The van der Waals surface area contributed by atoms with Crippen molar-refractivity contribution in [1.82, 2.24) is 20.0 Å². The first-order valence-electron chi connectivity index (χ1n) is 6.57. The third-order valence-electron chi connectivity index (χ3n) is 2.95. The third kappa shape index (κ3) is 3.28. The molecule has 0 bridgehead atoms. The van der Waals surface area contributed by atoms with Crippen molar-refractivity contribution in [3.05, 3.63) is 23.7 Å². The third-order valence-corrected chi connectivity index (χ3v) is 2.95. The second-order valence-corrected chi connectivity index (χ2v) is 4.99. The largest absolute Gasteiger partial charge is 0.315 e. The fourth-order valence-electron chi connectivity index (χ4n) is 1.77. The van der Waals surface area contributed by atoms with Crippen LogP contribution in [-0.2, 0) is 9.59 Å². The number of nitrogens with one attached hydrogen (secondary N) is 3. The second-order valence-electron chi connectivity index (χ2n) is 4.99. The summed E-state index contributed by atoms with van der Waals surface area (Å²) >= 11 is 0. The van der Waals surface area contributed by atoms with Crippen LogP contribution >= 0.6 is 0 Å². The summed E-state index contributed by atoms with van der Waals surface area (Å²) in [6.07, 6.45) is 1.74. The van der Waals surface area contributed by atoms with Gasteiger partial charge >= 0.3 is 11.8 Å². The van der Waals surface area contributed by atoms with E-state index >= 15 is 0 Å². The highest BCUT2D eigenvalue weighted by Crippen LogP contribution is 2.16. The van der Waals surface area contributed by atoms with Gasteiger partial charge in [-0.15, -0.1) is 0 Å². The van der Waals surface area contributed by atoms with Crippen molar-refractivity contribution in [2.45, 2.75) is 33.7 Å². The average Bonchev–Trinajstić information content (AvgIpc) is 3.00. The molecule has 2 aromatic heterocycles. The van der Waals surface area contributed by atoms with Gasteiger partial charge in [0.1, 0.15) is 0 Å². The van der Waals surface area contributed by atoms with E-state index in [9.17, 15) is 9.59 Å². The molecule has 2 aromatic rings. The molecule has 0 radical (unpaired) electrons. The van der Waals surface area contributed by atoms with Crippen LogP contribution in [0.25, 0.3) is 0 Å². The summed E-state index contributed by atoms with van der Waals surface area (Å²) in [4.78, 5) is 23.7. The maximum Gasteiger partial charge on any atom is 0.315 e. The number of amides is 2. The molecule has 0 fully saturated rings. The van der Waals surface area contributed by atoms with Gasteiger partial charge < -0.3 is 10.6 Å². The topological polar surface area (TPSA) is 105 Å². The smallest absolute Gasteiger partial charge is 0.315 e. The van der Waals surface area contributed by atoms with Crippen LogP contribution in [-0.4, -0.2) is 31.8 Å². The summed E-state index contributed by atoms with van der Waals surface area (Å²) in [5, 5.41) is 15.8. The molecule has 0 saturated carbocycles. The van der Waals surface area contributed by atoms with Crippen LogP contribution in [0.2, 0.25) is 0 Å². The number of hydrogen-bond donors (Lipinski definition) is 3. The van der Waals surface area contributed by atoms with E-state index in [4.69, 9.17) is 0 Å². The normalized spacial score (nSPS) is 10.7. The number of hydrogen-bond acceptors (Lipinski definition) is 4. The Morgan fingerprint density at radius 3 is 2.43 bits per heavy atom. The van der Waals surface area contributed by atoms with Crippen molar-refractivity contribution in [2.75, 3.05) is 10.6 Å². The highest BCUT2D eigenvalue weighted by molar-refractivity contribution is 6.43. The Bertz CT molecular complexity index is 651. The summed E-state index contributed by atoms with van der Waals surface area (Å²) < 4.78 is 1.69. The van der Waals surface area contributed by atoms with Crippen LogP contribution in [0.5, 0.6) is 0 Å². The standard InChI is InChI=1S/C13H18N6O2/c1-7(2)19-6-5-10(18-19)14-12(20)13(21)15-11-8(3)16-17-9(11)4/h5-7H,1-4H3,(H,15,21)(H,16,17)(H,14,18,20). The lowest BCUT2D eigenvalue weighted by molar-refractivity contribution is -0.133. The van der Waals surface area contributed by atoms with E-state index in [1.165, 1.54) is 0 Å². The SMILES string of the molecule is Cc1n[nH]c(C)c1NC(=O)C(=O)Nc1ccn(C(C)C)n1. The predicted molar refractivity (Wildman–Crippen MR) is 77.9 cm³/mol. The number of carbonyl (C=O) groups is 2. The summed E-state index contributed by atoms with van der Waals surface area (Å²) in [6.45, 7) is 7.44. The molecule has 3 N–H and O–H groups in total. The van der Waals surface area contributed by atoms with Gasteiger partial charge in [0.05, 0.1) is 17.1 Å². The number of anilines is 2. The van der Waals surface area contributed by atoms with Gasteiger partial charge in [-0.3, -0.25) is 19.4 Å². The highest BCUT2D eigenvalue weighted by atomic mass is 16.2. The number of nitrogens with zero attached hydrogens (tertiary/aromatic N) is 3. The molecule has 21 heavy (non-hydrogen) atoms. The number of aromatic nitrogens is 4. The van der Waals surface area contributed by atoms with Crippen molar-refractivity contribution in [3.8, 4) is 0 Å². The summed E-state index contributed by atoms with van der Waals surface area (Å²) in [6, 6.07) is 1.82. The number of H-pyrrole nitrogens is 1. The van der Waals surface area contributed by atoms with Gasteiger partial charge in [0, 0.05) is 18.3 Å². The number of aromatic amines is 1. The summed E-state index contributed by atoms with van der Waals surface area (Å²) in [5.41, 5.74) is 1.83. The van der Waals surface area contributed by atoms with Crippen molar-refractivity contribution in [2.24, 2.45) is 0 Å². The molecule has 2 rings (SSSR count). The first-order chi connectivity index (χ1) is 9.88. The Balaban J connectivity index is 2.01. The van der Waals surface area contributed by atoms with E-state index in [1.54, 1.807) is 30.8 Å². The number of carbonyl (C=O) groups excluding carboxylic acids is 2. The van der Waals surface area contributed by atoms with E-state index in [0.29, 0.717) is 22.9 Å². The van der Waals surface area contributed by atoms with Crippen LogP contribution in [0.15, 0.2) is 12.3 Å². The van der Waals surface area contributed by atoms with Gasteiger partial charge in [-0.1, -0.05) is 0 Å². The van der Waals surface area contributed by atoms with E-state index in [1.807, 2.05) is 13.8 Å². The summed E-state index contributed by atoms with van der Waals surface area (Å²) in [5.74, 6) is -1.20. The van der Waals surface area contributed by atoms with Crippen molar-refractivity contribution in [1.29, 1.82) is 0 Å². The van der Waals surface area contributed by atoms with Crippen molar-refractivity contribution >= 4 is 23.3 Å². The van der Waals surface area contributed by atoms with Crippen molar-refractivity contribution in [3.63, 3.8) is 0 Å². The van der Waals surface area contributed by atoms with Crippen LogP contribution in [0.4, 0.5) is 11.5 Å². The fraction of sp³-hybridized carbons (Fsp3) is 0.385. The van der Waals surface area contributed by atoms with E-state index in [-0.39, 0.29) is 6.04 Å². The van der Waals surface area contributed by atoms with E-state index in [0.717, 1.165) is 0 Å². The minimum Gasteiger partial charge on any atom is -0.315 e. The molecule has 0 unspecified atom stereocenters. The molecular weight excluding hydrogens is 272 g/mol. The Morgan fingerprint density at radius 2 is 1.90 bits per heavy atom. The maximum atomic E-state index is 11.9. The molecule has 0 aliphatic heterocycles. The first kappa shape index (κ1) is 14.8. The Labute approximate surface area is 121 Å². The van der Waals surface area contributed by atoms with Gasteiger partial charge in [-0.25, -0.2) is 0 Å². The van der Waals surface area contributed by atoms with Gasteiger partial charge in [-0.2, -0.15) is 10.2 Å². The Kier molecular flexibility index (Phi) is 4.06. The van der Waals surface area contributed by atoms with Crippen LogP contribution < -0.4 is 10.6 Å². The highest BCUT2D eigenvalue weighted by Gasteiger charge is 2.18. The number of rotatable bonds is 3. The van der Waals surface area contributed by atoms with Crippen LogP contribution in [0, 0.1) is 13.8 Å². The molecule has 0 aliphatic rings. The van der Waals surface area contributed by atoms with Crippen LogP contribution in [0.3, 0.4) is 0 Å². The lowest BCUT2D eigenvalue weighted by Crippen LogP contribution is -2.29. The van der Waals surface area contributed by atoms with E-state index < -0.39 is 11.8 Å². The minimum absolute atomic E-state index is 0.181. The molecule has 8 nitrogen and oxygen atoms in total. The van der Waals surface area contributed by atoms with Gasteiger partial charge in [0.2, 0.25) is 0 Å². The zero-order valence-corrected chi connectivity index (χ0v) is 12.4. The van der Waals surface area contributed by atoms with Crippen LogP contribution in [0.1, 0.15) is 31.3 Å². The van der Waals surface area contributed by atoms with Crippen molar-refractivity contribution < 1.29 is 9.59 Å². The van der Waals surface area contributed by atoms with E-state index in [2.05, 4.69) is 25.9 Å². The minimum atomic E-state index is -0.774. The molecule has 2 amide bonds. The molecule has 2 heterocycles. The molecule has 0 saturated heterocycles. The average molecular weight is 290 g/mol. The molecule has 112 valence electrons. The maximum absolute atomic E-state index is 11.9. The Hall–Kier alpha value is -2.64. The molecule has 8 heteroatoms. The predicted octanol–water partition coefficient (Wildman–Crippen LogP) is 1.38. The molecular formula is C13H18N6O2. The van der Waals surface area contributed by atoms with Gasteiger partial charge in [0.25, 0.3) is 0 Å². The zero-order chi connectivity index (χ0) is 15.6. The molecule has 0 aromatic carbocycles. The Morgan fingerprint density at radius 1 is 1.24 bits per heavy atom. The molecule has 0 atom stereocenters. The first-order valence-corrected chi connectivity index (χ1v) is 6.57. The quantitative estimate of drug-likeness (QED) is 0.743. The summed E-state index contributed by atoms with van der Waals surface area (Å²) in [7, 11) is 0. The fourth-order valence-corrected chi connectivity index (χ4v) is 1.77. The monoisotopic (exact) mass is 290 g/mol. The molecule has 0 spiro atoms. The lowest BCUT2D eigenvalue weighted by Gasteiger charge is -2.06. The zero-order valence-electron chi connectivity index (χ0n) is 12.4. The molecule has 0 aliphatic carbocycles. The number of aryl methyl sites for hydroxylation is 2. The lowest BCUT2D eigenvalue weighted by atomic mass is 10.3. The van der Waals surface area contributed by atoms with Gasteiger partial charge in [-0.05, 0) is 27.7 Å². The second kappa shape index (κ2) is 5.78. The van der Waals surface area contributed by atoms with Gasteiger partial charge in [0.15, 0.2) is 5.82 Å².